The summed E-state index contributed by atoms with van der Waals surface area (Å²) < 4.78 is 4.78. The lowest BCUT2D eigenvalue weighted by Crippen LogP contribution is -2.07. The van der Waals surface area contributed by atoms with Crippen molar-refractivity contribution in [3.05, 3.63) is 24.3 Å². The molecule has 0 radical (unpaired) electrons. The quantitative estimate of drug-likeness (QED) is 0.524. The molecule has 1 aliphatic rings. The van der Waals surface area contributed by atoms with Gasteiger partial charge in [-0.15, -0.1) is 0 Å². The van der Waals surface area contributed by atoms with Gasteiger partial charge in [-0.1, -0.05) is 45.1 Å². The van der Waals surface area contributed by atoms with Gasteiger partial charge in [-0.3, -0.25) is 4.79 Å². The fraction of sp³-hybridized carbons (Fsp3) is 0.615. The summed E-state index contributed by atoms with van der Waals surface area (Å²) in [5.74, 6) is 0.273. The second-order valence-corrected chi connectivity index (χ2v) is 4.57. The van der Waals surface area contributed by atoms with E-state index in [1.54, 1.807) is 0 Å². The lowest BCUT2D eigenvalue weighted by Gasteiger charge is -1.98. The maximum atomic E-state index is 11.4. The van der Waals surface area contributed by atoms with E-state index in [4.69, 9.17) is 4.74 Å². The van der Waals surface area contributed by atoms with Crippen molar-refractivity contribution < 1.29 is 9.53 Å². The van der Waals surface area contributed by atoms with Crippen LogP contribution in [0.2, 0.25) is 0 Å². The topological polar surface area (TPSA) is 26.3 Å². The highest BCUT2D eigenvalue weighted by Crippen LogP contribution is 2.59. The Morgan fingerprint density at radius 1 is 1.40 bits per heavy atom. The average molecular weight is 208 g/mol. The van der Waals surface area contributed by atoms with Crippen molar-refractivity contribution in [3.63, 3.8) is 0 Å². The predicted molar refractivity (Wildman–Crippen MR) is 61.3 cm³/mol. The molecular weight excluding hydrogens is 188 g/mol. The van der Waals surface area contributed by atoms with Gasteiger partial charge in [-0.05, 0) is 17.8 Å². The molecule has 1 fully saturated rings. The van der Waals surface area contributed by atoms with Crippen LogP contribution in [0.3, 0.4) is 0 Å². The van der Waals surface area contributed by atoms with E-state index < -0.39 is 0 Å². The molecule has 2 nitrogen and oxygen atoms in total. The van der Waals surface area contributed by atoms with Gasteiger partial charge in [0.2, 0.25) is 0 Å². The lowest BCUT2D eigenvalue weighted by atomic mass is 10.1. The standard InChI is InChI=1S/C13H20O2/c1-5-6-7-8-9-10-11(12(14)15-4)13(10,2)3/h6-11H,5H2,1-4H3/b7-6?,9-8+. The Morgan fingerprint density at radius 2 is 2.07 bits per heavy atom. The Kier molecular flexibility index (Phi) is 3.72. The normalized spacial score (nSPS) is 28.5. The van der Waals surface area contributed by atoms with E-state index in [2.05, 4.69) is 32.9 Å². The molecule has 0 amide bonds. The summed E-state index contributed by atoms with van der Waals surface area (Å²) in [7, 11) is 1.45. The van der Waals surface area contributed by atoms with Gasteiger partial charge in [-0.25, -0.2) is 0 Å². The number of carbonyl (C=O) groups is 1. The number of hydrogen-bond acceptors (Lipinski definition) is 2. The average Bonchev–Trinajstić information content (AvgIpc) is 2.74. The molecular formula is C13H20O2. The van der Waals surface area contributed by atoms with E-state index in [-0.39, 0.29) is 17.3 Å². The van der Waals surface area contributed by atoms with E-state index in [1.165, 1.54) is 7.11 Å². The number of esters is 1. The van der Waals surface area contributed by atoms with E-state index in [0.29, 0.717) is 5.92 Å². The summed E-state index contributed by atoms with van der Waals surface area (Å²) in [6, 6.07) is 0. The van der Waals surface area contributed by atoms with Crippen LogP contribution in [0.1, 0.15) is 27.2 Å². The fourth-order valence-corrected chi connectivity index (χ4v) is 2.01. The first-order valence-corrected chi connectivity index (χ1v) is 5.46. The van der Waals surface area contributed by atoms with E-state index in [1.807, 2.05) is 12.2 Å². The maximum Gasteiger partial charge on any atom is 0.309 e. The number of hydrogen-bond donors (Lipinski definition) is 0. The van der Waals surface area contributed by atoms with Crippen molar-refractivity contribution in [2.45, 2.75) is 27.2 Å². The summed E-state index contributed by atoms with van der Waals surface area (Å²) in [5, 5.41) is 0. The van der Waals surface area contributed by atoms with Gasteiger partial charge in [-0.2, -0.15) is 0 Å². The molecule has 2 unspecified atom stereocenters. The Balaban J connectivity index is 2.55. The van der Waals surface area contributed by atoms with Crippen molar-refractivity contribution in [2.75, 3.05) is 7.11 Å². The van der Waals surface area contributed by atoms with Crippen LogP contribution in [0.4, 0.5) is 0 Å². The first-order valence-electron chi connectivity index (χ1n) is 5.46. The van der Waals surface area contributed by atoms with Crippen LogP contribution >= 0.6 is 0 Å². The summed E-state index contributed by atoms with van der Waals surface area (Å²) >= 11 is 0. The van der Waals surface area contributed by atoms with Crippen LogP contribution < -0.4 is 0 Å². The summed E-state index contributed by atoms with van der Waals surface area (Å²) in [4.78, 5) is 11.4. The largest absolute Gasteiger partial charge is 0.469 e. The molecule has 0 aromatic carbocycles. The molecule has 0 aliphatic heterocycles. The smallest absolute Gasteiger partial charge is 0.309 e. The minimum absolute atomic E-state index is 0.0359. The molecule has 0 spiro atoms. The van der Waals surface area contributed by atoms with E-state index in [0.717, 1.165) is 6.42 Å². The second-order valence-electron chi connectivity index (χ2n) is 4.57. The Hall–Kier alpha value is -1.05. The molecule has 2 atom stereocenters. The molecule has 1 saturated carbocycles. The van der Waals surface area contributed by atoms with Crippen molar-refractivity contribution in [3.8, 4) is 0 Å². The molecule has 0 heterocycles. The van der Waals surface area contributed by atoms with Gasteiger partial charge >= 0.3 is 5.97 Å². The number of methoxy groups -OCH3 is 1. The van der Waals surface area contributed by atoms with Crippen molar-refractivity contribution in [1.82, 2.24) is 0 Å². The van der Waals surface area contributed by atoms with Crippen LogP contribution in [0.25, 0.3) is 0 Å². The molecule has 0 N–H and O–H groups in total. The number of allylic oxidation sites excluding steroid dienone is 4. The van der Waals surface area contributed by atoms with Gasteiger partial charge in [0.25, 0.3) is 0 Å². The Labute approximate surface area is 92.0 Å². The van der Waals surface area contributed by atoms with Crippen molar-refractivity contribution >= 4 is 5.97 Å². The van der Waals surface area contributed by atoms with Crippen molar-refractivity contribution in [2.24, 2.45) is 17.3 Å². The fourth-order valence-electron chi connectivity index (χ4n) is 2.01. The van der Waals surface area contributed by atoms with Gasteiger partial charge in [0.1, 0.15) is 0 Å². The van der Waals surface area contributed by atoms with Crippen molar-refractivity contribution in [1.29, 1.82) is 0 Å². The highest BCUT2D eigenvalue weighted by atomic mass is 16.5. The summed E-state index contributed by atoms with van der Waals surface area (Å²) in [6.45, 7) is 6.31. The molecule has 0 bridgehead atoms. The SMILES string of the molecule is CCC=C/C=C/C1C(C(=O)OC)C1(C)C. The first-order chi connectivity index (χ1) is 7.05. The summed E-state index contributed by atoms with van der Waals surface area (Å²) in [6.07, 6.45) is 9.30. The molecule has 1 rings (SSSR count). The minimum atomic E-state index is -0.0888. The van der Waals surface area contributed by atoms with E-state index in [9.17, 15) is 4.79 Å². The van der Waals surface area contributed by atoms with Gasteiger partial charge in [0, 0.05) is 0 Å². The highest BCUT2D eigenvalue weighted by molar-refractivity contribution is 5.78. The zero-order valence-electron chi connectivity index (χ0n) is 9.99. The molecule has 84 valence electrons. The third kappa shape index (κ3) is 2.49. The number of ether oxygens (including phenoxy) is 1. The molecule has 0 saturated heterocycles. The third-order valence-corrected chi connectivity index (χ3v) is 3.17. The molecule has 0 aromatic rings. The number of carbonyl (C=O) groups excluding carboxylic acids is 1. The Bertz CT molecular complexity index is 287. The maximum absolute atomic E-state index is 11.4. The second kappa shape index (κ2) is 4.65. The van der Waals surface area contributed by atoms with Crippen LogP contribution in [0.15, 0.2) is 24.3 Å². The van der Waals surface area contributed by atoms with Crippen LogP contribution in [0, 0.1) is 17.3 Å². The summed E-state index contributed by atoms with van der Waals surface area (Å²) in [5.41, 5.74) is 0.0592. The van der Waals surface area contributed by atoms with E-state index >= 15 is 0 Å². The van der Waals surface area contributed by atoms with Gasteiger partial charge in [0.15, 0.2) is 0 Å². The highest BCUT2D eigenvalue weighted by Gasteiger charge is 2.61. The first kappa shape index (κ1) is 12.0. The zero-order valence-corrected chi connectivity index (χ0v) is 9.99. The predicted octanol–water partition coefficient (Wildman–Crippen LogP) is 2.95. The van der Waals surface area contributed by atoms with Crippen LogP contribution in [-0.4, -0.2) is 13.1 Å². The third-order valence-electron chi connectivity index (χ3n) is 3.17. The van der Waals surface area contributed by atoms with Gasteiger partial charge in [0.05, 0.1) is 13.0 Å². The van der Waals surface area contributed by atoms with Gasteiger partial charge < -0.3 is 4.74 Å². The van der Waals surface area contributed by atoms with Crippen LogP contribution in [0.5, 0.6) is 0 Å². The lowest BCUT2D eigenvalue weighted by molar-refractivity contribution is -0.143. The molecule has 1 aliphatic carbocycles. The molecule has 2 heteroatoms. The minimum Gasteiger partial charge on any atom is -0.469 e. The zero-order chi connectivity index (χ0) is 11.5. The molecule has 0 aromatic heterocycles. The number of rotatable bonds is 4. The van der Waals surface area contributed by atoms with Crippen LogP contribution in [-0.2, 0) is 9.53 Å². The Morgan fingerprint density at radius 3 is 2.60 bits per heavy atom. The molecule has 15 heavy (non-hydrogen) atoms. The monoisotopic (exact) mass is 208 g/mol.